The second-order valence-corrected chi connectivity index (χ2v) is 27.4. The van der Waals surface area contributed by atoms with Crippen molar-refractivity contribution >= 4 is 51.4 Å². The lowest BCUT2D eigenvalue weighted by Gasteiger charge is -2.34. The highest BCUT2D eigenvalue weighted by Gasteiger charge is 2.21. The van der Waals surface area contributed by atoms with Crippen LogP contribution in [0.2, 0.25) is 0 Å². The van der Waals surface area contributed by atoms with Gasteiger partial charge in [-0.15, -0.1) is 0 Å². The van der Waals surface area contributed by atoms with Gasteiger partial charge in [0.25, 0.3) is 0 Å². The van der Waals surface area contributed by atoms with Gasteiger partial charge in [-0.05, 0) is 127 Å². The Bertz CT molecular complexity index is 1540. The van der Waals surface area contributed by atoms with Gasteiger partial charge in [-0.2, -0.15) is 0 Å². The average molecular weight is 1220 g/mol. The second kappa shape index (κ2) is 51.7. The summed E-state index contributed by atoms with van der Waals surface area (Å²) in [6.45, 7) is 27.0. The number of hydrogen-bond donors (Lipinski definition) is 4. The van der Waals surface area contributed by atoms with Crippen LogP contribution < -0.4 is 0 Å². The molecule has 0 saturated carbocycles. The normalized spacial score (nSPS) is 14.9. The smallest absolute Gasteiger partial charge is 0.305 e. The third-order valence-corrected chi connectivity index (χ3v) is 17.1. The molecule has 0 bridgehead atoms. The zero-order valence-corrected chi connectivity index (χ0v) is 54.9. The third-order valence-electron chi connectivity index (χ3n) is 14.6. The Morgan fingerprint density at radius 3 is 0.964 bits per heavy atom. The molecule has 20 heteroatoms. The summed E-state index contributed by atoms with van der Waals surface area (Å²) in [6.07, 6.45) is 11.5. The molecule has 1 saturated heterocycles. The Labute approximate surface area is 511 Å². The van der Waals surface area contributed by atoms with E-state index in [1.807, 2.05) is 26.5 Å². The molecule has 4 atom stereocenters. The maximum absolute atomic E-state index is 12.9. The van der Waals surface area contributed by atoms with Crippen LogP contribution in [0, 0.1) is 23.7 Å². The van der Waals surface area contributed by atoms with Gasteiger partial charge in [0.1, 0.15) is 6.61 Å². The number of aliphatic hydroxyl groups is 4. The summed E-state index contributed by atoms with van der Waals surface area (Å²) < 4.78 is 27.0. The average Bonchev–Trinajstić information content (AvgIpc) is 3.43. The van der Waals surface area contributed by atoms with E-state index in [2.05, 4.69) is 70.1 Å². The fourth-order valence-electron chi connectivity index (χ4n) is 9.27. The summed E-state index contributed by atoms with van der Waals surface area (Å²) in [7, 11) is 3.73. The van der Waals surface area contributed by atoms with Crippen LogP contribution in [0.25, 0.3) is 0 Å². The van der Waals surface area contributed by atoms with E-state index >= 15 is 0 Å². The van der Waals surface area contributed by atoms with Crippen molar-refractivity contribution in [2.45, 2.75) is 227 Å². The lowest BCUT2D eigenvalue weighted by atomic mass is 10.1. The highest BCUT2D eigenvalue weighted by Crippen LogP contribution is 2.23. The van der Waals surface area contributed by atoms with E-state index in [1.54, 1.807) is 0 Å². The summed E-state index contributed by atoms with van der Waals surface area (Å²) in [4.78, 5) is 70.3. The van der Waals surface area contributed by atoms with Crippen LogP contribution in [0.5, 0.6) is 0 Å². The second-order valence-electron chi connectivity index (χ2n) is 24.7. The molecule has 1 fully saturated rings. The SMILES string of the molecule is CC(C)CCOC(=O)CCCCC(O)CN(CCCSSCCN1CCN(CCOC(=O)CCCN(CC(O)CCCCC(=O)OCCC(C)C)CC(O)CCCCC(=O)OCCC(C)C)CC1)CC(O)CCCCC(=O)OCCC(C)C. The number of nitrogens with zero attached hydrogens (tertiary/aromatic N) is 4. The summed E-state index contributed by atoms with van der Waals surface area (Å²) in [5.74, 6) is 2.79. The molecule has 1 rings (SSSR count). The van der Waals surface area contributed by atoms with Gasteiger partial charge in [0.2, 0.25) is 0 Å². The van der Waals surface area contributed by atoms with Gasteiger partial charge in [0.05, 0.1) is 50.8 Å². The van der Waals surface area contributed by atoms with Crippen LogP contribution >= 0.6 is 21.6 Å². The quantitative estimate of drug-likeness (QED) is 0.0193. The zero-order valence-electron chi connectivity index (χ0n) is 53.3. The number of ether oxygens (including phenoxy) is 5. The highest BCUT2D eigenvalue weighted by atomic mass is 33.1. The Hall–Kier alpha value is -2.27. The van der Waals surface area contributed by atoms with Gasteiger partial charge in [-0.1, -0.05) is 103 Å². The van der Waals surface area contributed by atoms with Gasteiger partial charge < -0.3 is 44.1 Å². The van der Waals surface area contributed by atoms with Crippen LogP contribution in [-0.2, 0) is 47.7 Å². The first kappa shape index (κ1) is 78.7. The topological polar surface area (TPSA) is 225 Å². The summed E-state index contributed by atoms with van der Waals surface area (Å²) >= 11 is 0. The molecule has 0 spiro atoms. The number of hydrogen-bond acceptors (Lipinski definition) is 20. The molecule has 1 heterocycles. The molecule has 0 aliphatic carbocycles. The van der Waals surface area contributed by atoms with Crippen molar-refractivity contribution in [1.29, 1.82) is 0 Å². The number of piperazine rings is 1. The Morgan fingerprint density at radius 1 is 0.361 bits per heavy atom. The standard InChI is InChI=1S/C63H120N4O14S2/c1-51(2)28-40-77-59(72)23-13-9-19-55(68)47-66(48-56(69)20-10-14-24-60(73)78-41-29-52(3)4)32-17-27-63(76)81-44-38-64-34-36-65(37-35-64)39-46-83-82-45-18-33-67(49-57(70)21-11-15-25-61(74)79-42-30-53(5)6)50-58(71)22-12-16-26-62(75)80-43-31-54(7)8/h51-58,68-71H,9-50H2,1-8H3. The fraction of sp³-hybridized carbons (Fsp3) is 0.921. The van der Waals surface area contributed by atoms with Crippen LogP contribution in [-0.4, -0.2) is 217 Å². The predicted octanol–water partition coefficient (Wildman–Crippen LogP) is 9.35. The molecule has 0 aromatic heterocycles. The molecule has 1 aliphatic heterocycles. The molecule has 0 aromatic rings. The number of esters is 5. The molecule has 18 nitrogen and oxygen atoms in total. The van der Waals surface area contributed by atoms with Crippen molar-refractivity contribution in [2.24, 2.45) is 23.7 Å². The largest absolute Gasteiger partial charge is 0.466 e. The van der Waals surface area contributed by atoms with Gasteiger partial charge in [-0.25, -0.2) is 0 Å². The van der Waals surface area contributed by atoms with E-state index < -0.39 is 24.4 Å². The van der Waals surface area contributed by atoms with Crippen LogP contribution in [0.1, 0.15) is 203 Å². The molecule has 4 N–H and O–H groups in total. The molecule has 4 unspecified atom stereocenters. The van der Waals surface area contributed by atoms with E-state index in [-0.39, 0.29) is 36.3 Å². The number of rotatable bonds is 55. The minimum Gasteiger partial charge on any atom is -0.466 e. The molecule has 1 aliphatic rings. The first-order valence-electron chi connectivity index (χ1n) is 32.3. The Morgan fingerprint density at radius 2 is 0.639 bits per heavy atom. The van der Waals surface area contributed by atoms with Crippen molar-refractivity contribution in [3.8, 4) is 0 Å². The fourth-order valence-corrected chi connectivity index (χ4v) is 11.4. The number of aliphatic hydroxyl groups excluding tert-OH is 4. The van der Waals surface area contributed by atoms with E-state index in [0.29, 0.717) is 192 Å². The van der Waals surface area contributed by atoms with Gasteiger partial charge in [-0.3, -0.25) is 43.6 Å². The monoisotopic (exact) mass is 1220 g/mol. The van der Waals surface area contributed by atoms with Crippen molar-refractivity contribution in [3.63, 3.8) is 0 Å². The van der Waals surface area contributed by atoms with Gasteiger partial charge in [0, 0.05) is 109 Å². The number of carbonyl (C=O) groups excluding carboxylic acids is 5. The Kier molecular flexibility index (Phi) is 49.1. The van der Waals surface area contributed by atoms with Crippen molar-refractivity contribution in [2.75, 3.05) is 123 Å². The van der Waals surface area contributed by atoms with Crippen molar-refractivity contribution in [1.82, 2.24) is 19.6 Å². The summed E-state index contributed by atoms with van der Waals surface area (Å²) in [6, 6.07) is 0. The third kappa shape index (κ3) is 50.4. The minimum absolute atomic E-state index is 0.185. The molecule has 0 amide bonds. The molecule has 488 valence electrons. The first-order valence-corrected chi connectivity index (χ1v) is 34.8. The summed E-state index contributed by atoms with van der Waals surface area (Å²) in [5, 5.41) is 43.9. The van der Waals surface area contributed by atoms with E-state index in [9.17, 15) is 44.4 Å². The minimum atomic E-state index is -0.654. The predicted molar refractivity (Wildman–Crippen MR) is 335 cm³/mol. The van der Waals surface area contributed by atoms with Gasteiger partial charge >= 0.3 is 29.8 Å². The van der Waals surface area contributed by atoms with Crippen molar-refractivity contribution in [3.05, 3.63) is 0 Å². The lowest BCUT2D eigenvalue weighted by molar-refractivity contribution is -0.145. The lowest BCUT2D eigenvalue weighted by Crippen LogP contribution is -2.47. The van der Waals surface area contributed by atoms with Crippen LogP contribution in [0.3, 0.4) is 0 Å². The van der Waals surface area contributed by atoms with Gasteiger partial charge in [0.15, 0.2) is 0 Å². The van der Waals surface area contributed by atoms with Crippen molar-refractivity contribution < 1.29 is 68.1 Å². The zero-order chi connectivity index (χ0) is 61.5. The maximum atomic E-state index is 12.9. The number of carbonyl (C=O) groups is 5. The molecule has 0 aromatic carbocycles. The molecular weight excluding hydrogens is 1100 g/mol. The van der Waals surface area contributed by atoms with E-state index in [4.69, 9.17) is 23.7 Å². The van der Waals surface area contributed by atoms with E-state index in [1.165, 1.54) is 0 Å². The van der Waals surface area contributed by atoms with Crippen LogP contribution in [0.4, 0.5) is 0 Å². The van der Waals surface area contributed by atoms with E-state index in [0.717, 1.165) is 95.7 Å². The highest BCUT2D eigenvalue weighted by molar-refractivity contribution is 8.76. The summed E-state index contributed by atoms with van der Waals surface area (Å²) in [5.41, 5.74) is 0. The maximum Gasteiger partial charge on any atom is 0.305 e. The first-order chi connectivity index (χ1) is 39.7. The Balaban J connectivity index is 2.47. The van der Waals surface area contributed by atoms with Crippen LogP contribution in [0.15, 0.2) is 0 Å². The molecular formula is C63H120N4O14S2. The molecule has 0 radical (unpaired) electrons. The number of unbranched alkanes of at least 4 members (excludes halogenated alkanes) is 4. The molecule has 83 heavy (non-hydrogen) atoms.